The van der Waals surface area contributed by atoms with Crippen LogP contribution in [0.1, 0.15) is 0 Å². The fraction of sp³-hybridized carbons (Fsp3) is 0. The van der Waals surface area contributed by atoms with Gasteiger partial charge in [-0.15, -0.1) is 0 Å². The molecule has 11 heavy (non-hydrogen) atoms. The highest BCUT2D eigenvalue weighted by Gasteiger charge is 1.99. The Morgan fingerprint density at radius 2 is 2.36 bits per heavy atom. The summed E-state index contributed by atoms with van der Waals surface area (Å²) >= 11 is 0. The van der Waals surface area contributed by atoms with Gasteiger partial charge >= 0.3 is 0 Å². The van der Waals surface area contributed by atoms with Crippen molar-refractivity contribution in [2.45, 2.75) is 0 Å². The van der Waals surface area contributed by atoms with Crippen LogP contribution < -0.4 is 11.3 Å². The fourth-order valence-electron chi connectivity index (χ4n) is 1.09. The minimum atomic E-state index is 0.481. The first kappa shape index (κ1) is 6.21. The van der Waals surface area contributed by atoms with E-state index in [4.69, 9.17) is 5.73 Å². The molecule has 0 aliphatic heterocycles. The molecule has 0 fully saturated rings. The molecule has 0 radical (unpaired) electrons. The summed E-state index contributed by atoms with van der Waals surface area (Å²) in [5, 5.41) is 0. The van der Waals surface area contributed by atoms with E-state index in [-0.39, 0.29) is 0 Å². The van der Waals surface area contributed by atoms with Crippen LogP contribution in [0.4, 0.5) is 5.82 Å². The maximum Gasteiger partial charge on any atom is 0.179 e. The number of imidazole rings is 1. The third kappa shape index (κ3) is 0.850. The number of nitrogens with two attached hydrogens (primary N) is 1. The topological polar surface area (TPSA) is 56.2 Å². The first-order valence-corrected chi connectivity index (χ1v) is 3.33. The number of anilines is 1. The zero-order valence-corrected chi connectivity index (χ0v) is 6.15. The molecule has 2 aromatic heterocycles. The molecule has 0 aliphatic carbocycles. The minimum Gasteiger partial charge on any atom is -0.381 e. The van der Waals surface area contributed by atoms with Gasteiger partial charge in [-0.1, -0.05) is 0 Å². The average Bonchev–Trinajstić information content (AvgIpc) is 2.34. The van der Waals surface area contributed by atoms with Gasteiger partial charge in [-0.25, -0.2) is 9.97 Å². The van der Waals surface area contributed by atoms with E-state index in [1.165, 1.54) is 0 Å². The van der Waals surface area contributed by atoms with Gasteiger partial charge in [0.15, 0.2) is 19.3 Å². The summed E-state index contributed by atoms with van der Waals surface area (Å²) < 4.78 is 1.86. The lowest BCUT2D eigenvalue weighted by Crippen LogP contribution is -2.13. The Bertz CT molecular complexity index is 394. The van der Waals surface area contributed by atoms with E-state index in [0.29, 0.717) is 5.82 Å². The molecule has 0 aromatic carbocycles. The van der Waals surface area contributed by atoms with Crippen molar-refractivity contribution in [2.75, 3.05) is 5.73 Å². The quantitative estimate of drug-likeness (QED) is 0.463. The highest BCUT2D eigenvalue weighted by Crippen LogP contribution is 2.03. The van der Waals surface area contributed by atoms with E-state index in [0.717, 1.165) is 11.2 Å². The van der Waals surface area contributed by atoms with Crippen molar-refractivity contribution in [3.63, 3.8) is 0 Å². The molecule has 0 amide bonds. The number of nitrogens with zero attached hydrogens (tertiary/aromatic N) is 3. The summed E-state index contributed by atoms with van der Waals surface area (Å²) in [6, 6.07) is 0. The lowest BCUT2D eigenvalue weighted by atomic mass is 10.1. The zero-order chi connectivity index (χ0) is 7.84. The van der Waals surface area contributed by atoms with Gasteiger partial charge in [0, 0.05) is 24.2 Å². The average molecular weight is 146 g/mol. The predicted octanol–water partition coefficient (Wildman–Crippen LogP) is -1.43. The molecule has 0 unspecified atom stereocenters. The van der Waals surface area contributed by atoms with Crippen molar-refractivity contribution in [3.8, 4) is 0 Å². The standard InChI is InChI=1S/C6H7BN4/c7-4-3-11-2-1-9-6(11)5(8)10-4/h1-3H,7H2,(H2,8,10). The molecule has 2 rings (SSSR count). The molecule has 5 heteroatoms. The summed E-state index contributed by atoms with van der Waals surface area (Å²) in [7, 11) is 1.90. The molecule has 0 spiro atoms. The summed E-state index contributed by atoms with van der Waals surface area (Å²) in [5.74, 6) is 0.481. The van der Waals surface area contributed by atoms with Gasteiger partial charge in [0.25, 0.3) is 0 Å². The Morgan fingerprint density at radius 3 is 3.18 bits per heavy atom. The molecule has 0 aliphatic rings. The van der Waals surface area contributed by atoms with Crippen molar-refractivity contribution in [1.29, 1.82) is 0 Å². The van der Waals surface area contributed by atoms with Crippen LogP contribution in [0.2, 0.25) is 0 Å². The highest BCUT2D eigenvalue weighted by molar-refractivity contribution is 6.30. The molecular formula is C6H7BN4. The van der Waals surface area contributed by atoms with Crippen molar-refractivity contribution in [2.24, 2.45) is 0 Å². The van der Waals surface area contributed by atoms with E-state index >= 15 is 0 Å². The normalized spacial score (nSPS) is 10.5. The van der Waals surface area contributed by atoms with Crippen LogP contribution in [0.15, 0.2) is 18.6 Å². The van der Waals surface area contributed by atoms with Crippen LogP contribution in [-0.4, -0.2) is 22.2 Å². The summed E-state index contributed by atoms with van der Waals surface area (Å²) in [5.41, 5.74) is 7.22. The molecular weight excluding hydrogens is 139 g/mol. The predicted molar refractivity (Wildman–Crippen MR) is 45.6 cm³/mol. The Balaban J connectivity index is 2.91. The van der Waals surface area contributed by atoms with Crippen LogP contribution >= 0.6 is 0 Å². The lowest BCUT2D eigenvalue weighted by molar-refractivity contribution is 1.16. The Kier molecular flexibility index (Phi) is 1.12. The zero-order valence-electron chi connectivity index (χ0n) is 6.15. The van der Waals surface area contributed by atoms with E-state index < -0.39 is 0 Å². The molecule has 0 bridgehead atoms. The van der Waals surface area contributed by atoms with Crippen molar-refractivity contribution in [1.82, 2.24) is 14.4 Å². The molecule has 4 nitrogen and oxygen atoms in total. The number of hydrogen-bond donors (Lipinski definition) is 1. The van der Waals surface area contributed by atoms with Crippen LogP contribution in [-0.2, 0) is 0 Å². The number of rotatable bonds is 0. The summed E-state index contributed by atoms with van der Waals surface area (Å²) in [6.45, 7) is 0. The molecule has 54 valence electrons. The van der Waals surface area contributed by atoms with Crippen molar-refractivity contribution >= 4 is 24.9 Å². The van der Waals surface area contributed by atoms with Gasteiger partial charge < -0.3 is 10.1 Å². The van der Waals surface area contributed by atoms with Gasteiger partial charge in [-0.05, 0) is 0 Å². The molecule has 0 atom stereocenters. The second kappa shape index (κ2) is 1.98. The maximum absolute atomic E-state index is 5.61. The third-order valence-corrected chi connectivity index (χ3v) is 1.52. The smallest absolute Gasteiger partial charge is 0.179 e. The lowest BCUT2D eigenvalue weighted by Gasteiger charge is -1.98. The van der Waals surface area contributed by atoms with Gasteiger partial charge in [-0.3, -0.25) is 0 Å². The second-order valence-corrected chi connectivity index (χ2v) is 2.43. The van der Waals surface area contributed by atoms with E-state index in [2.05, 4.69) is 9.97 Å². The van der Waals surface area contributed by atoms with Crippen LogP contribution in [0.25, 0.3) is 5.65 Å². The van der Waals surface area contributed by atoms with E-state index in [1.54, 1.807) is 6.20 Å². The van der Waals surface area contributed by atoms with Gasteiger partial charge in [0.2, 0.25) is 0 Å². The molecule has 2 N–H and O–H groups in total. The minimum absolute atomic E-state index is 0.481. The monoisotopic (exact) mass is 146 g/mol. The third-order valence-electron chi connectivity index (χ3n) is 1.52. The number of hydrogen-bond acceptors (Lipinski definition) is 3. The maximum atomic E-state index is 5.61. The molecule has 2 heterocycles. The van der Waals surface area contributed by atoms with Crippen molar-refractivity contribution in [3.05, 3.63) is 18.6 Å². The Hall–Kier alpha value is -1.52. The van der Waals surface area contributed by atoms with Gasteiger partial charge in [0.05, 0.1) is 0 Å². The Morgan fingerprint density at radius 1 is 1.55 bits per heavy atom. The fourth-order valence-corrected chi connectivity index (χ4v) is 1.09. The summed E-state index contributed by atoms with van der Waals surface area (Å²) in [4.78, 5) is 8.10. The van der Waals surface area contributed by atoms with Crippen LogP contribution in [0.3, 0.4) is 0 Å². The number of fused-ring (bicyclic) bond motifs is 1. The van der Waals surface area contributed by atoms with E-state index in [1.807, 2.05) is 24.6 Å². The van der Waals surface area contributed by atoms with E-state index in [9.17, 15) is 0 Å². The SMILES string of the molecule is Bc1cn2ccnc2c(N)n1. The first-order valence-electron chi connectivity index (χ1n) is 3.33. The Labute approximate surface area is 64.5 Å². The summed E-state index contributed by atoms with van der Waals surface area (Å²) in [6.07, 6.45) is 5.44. The molecule has 2 aromatic rings. The van der Waals surface area contributed by atoms with Crippen LogP contribution in [0.5, 0.6) is 0 Å². The number of nitrogen functional groups attached to an aromatic ring is 1. The molecule has 0 saturated heterocycles. The van der Waals surface area contributed by atoms with Gasteiger partial charge in [0.1, 0.15) is 0 Å². The molecule has 0 saturated carbocycles. The highest BCUT2D eigenvalue weighted by atomic mass is 15.0. The van der Waals surface area contributed by atoms with Crippen molar-refractivity contribution < 1.29 is 0 Å². The largest absolute Gasteiger partial charge is 0.381 e. The van der Waals surface area contributed by atoms with Gasteiger partial charge in [-0.2, -0.15) is 0 Å². The second-order valence-electron chi connectivity index (χ2n) is 2.43. The first-order chi connectivity index (χ1) is 5.27. The van der Waals surface area contributed by atoms with Crippen LogP contribution in [0, 0.1) is 0 Å². The number of aromatic nitrogens is 3.